The van der Waals surface area contributed by atoms with Gasteiger partial charge < -0.3 is 0 Å². The highest BCUT2D eigenvalue weighted by molar-refractivity contribution is 7.99. The van der Waals surface area contributed by atoms with Gasteiger partial charge in [-0.3, -0.25) is 9.69 Å². The van der Waals surface area contributed by atoms with Crippen LogP contribution in [0.4, 0.5) is 0 Å². The standard InChI is InChI=1S/C20H19NOS/c22-20-17-9-5-4-8-16(17)19(21-10-12-23-13-11-21)18(20)14-15-6-2-1-3-7-15/h1-9,14,19H,10-13H2/b18-14+. The largest absolute Gasteiger partial charge is 0.291 e. The van der Waals surface area contributed by atoms with E-state index in [1.165, 1.54) is 5.56 Å². The molecule has 0 spiro atoms. The van der Waals surface area contributed by atoms with Crippen molar-refractivity contribution >= 4 is 23.6 Å². The van der Waals surface area contributed by atoms with Gasteiger partial charge in [0, 0.05) is 35.7 Å². The smallest absolute Gasteiger partial charge is 0.191 e. The first-order valence-electron chi connectivity index (χ1n) is 8.06. The highest BCUT2D eigenvalue weighted by Crippen LogP contribution is 2.41. The quantitative estimate of drug-likeness (QED) is 0.778. The first kappa shape index (κ1) is 14.7. The van der Waals surface area contributed by atoms with Gasteiger partial charge in [-0.15, -0.1) is 0 Å². The van der Waals surface area contributed by atoms with Crippen LogP contribution in [-0.2, 0) is 0 Å². The van der Waals surface area contributed by atoms with Crippen molar-refractivity contribution in [3.63, 3.8) is 0 Å². The third-order valence-electron chi connectivity index (χ3n) is 4.59. The molecule has 3 heteroatoms. The summed E-state index contributed by atoms with van der Waals surface area (Å²) >= 11 is 2.00. The predicted octanol–water partition coefficient (Wildman–Crippen LogP) is 4.06. The van der Waals surface area contributed by atoms with Gasteiger partial charge in [-0.05, 0) is 17.2 Å². The van der Waals surface area contributed by atoms with E-state index in [4.69, 9.17) is 0 Å². The molecule has 2 aromatic rings. The van der Waals surface area contributed by atoms with Gasteiger partial charge in [0.2, 0.25) is 0 Å². The van der Waals surface area contributed by atoms with Gasteiger partial charge in [-0.25, -0.2) is 0 Å². The van der Waals surface area contributed by atoms with Crippen molar-refractivity contribution in [3.05, 3.63) is 76.9 Å². The van der Waals surface area contributed by atoms with E-state index in [9.17, 15) is 4.79 Å². The van der Waals surface area contributed by atoms with Crippen LogP contribution in [0.25, 0.3) is 6.08 Å². The molecule has 1 unspecified atom stereocenters. The molecule has 2 aliphatic rings. The van der Waals surface area contributed by atoms with Gasteiger partial charge in [-0.1, -0.05) is 54.6 Å². The molecule has 0 bridgehead atoms. The summed E-state index contributed by atoms with van der Waals surface area (Å²) in [5.74, 6) is 2.48. The van der Waals surface area contributed by atoms with Crippen molar-refractivity contribution in [1.82, 2.24) is 4.90 Å². The summed E-state index contributed by atoms with van der Waals surface area (Å²) in [6, 6.07) is 18.4. The fraction of sp³-hybridized carbons (Fsp3) is 0.250. The van der Waals surface area contributed by atoms with Gasteiger partial charge in [0.1, 0.15) is 0 Å². The van der Waals surface area contributed by atoms with Crippen LogP contribution in [-0.4, -0.2) is 35.3 Å². The Kier molecular flexibility index (Phi) is 4.06. The van der Waals surface area contributed by atoms with Crippen LogP contribution in [0.5, 0.6) is 0 Å². The molecule has 2 nitrogen and oxygen atoms in total. The van der Waals surface area contributed by atoms with Crippen LogP contribution < -0.4 is 0 Å². The monoisotopic (exact) mass is 321 g/mol. The molecule has 0 radical (unpaired) electrons. The summed E-state index contributed by atoms with van der Waals surface area (Å²) in [6.45, 7) is 2.09. The van der Waals surface area contributed by atoms with E-state index in [1.807, 2.05) is 48.2 Å². The molecule has 1 heterocycles. The van der Waals surface area contributed by atoms with E-state index in [1.54, 1.807) is 0 Å². The number of hydrogen-bond donors (Lipinski definition) is 0. The molecule has 0 N–H and O–H groups in total. The normalized spacial score (nSPS) is 23.2. The maximum absolute atomic E-state index is 13.0. The van der Waals surface area contributed by atoms with Gasteiger partial charge >= 0.3 is 0 Å². The fourth-order valence-electron chi connectivity index (χ4n) is 3.49. The van der Waals surface area contributed by atoms with Gasteiger partial charge in [0.15, 0.2) is 5.78 Å². The Morgan fingerprint density at radius 1 is 0.957 bits per heavy atom. The van der Waals surface area contributed by atoms with Crippen LogP contribution in [0.15, 0.2) is 60.2 Å². The second-order valence-electron chi connectivity index (χ2n) is 5.98. The van der Waals surface area contributed by atoms with Crippen molar-refractivity contribution in [2.24, 2.45) is 0 Å². The number of benzene rings is 2. The lowest BCUT2D eigenvalue weighted by Gasteiger charge is -2.33. The molecular weight excluding hydrogens is 302 g/mol. The van der Waals surface area contributed by atoms with Crippen LogP contribution in [0.1, 0.15) is 27.5 Å². The van der Waals surface area contributed by atoms with Crippen molar-refractivity contribution in [2.45, 2.75) is 6.04 Å². The van der Waals surface area contributed by atoms with Crippen molar-refractivity contribution in [3.8, 4) is 0 Å². The topological polar surface area (TPSA) is 20.3 Å². The second kappa shape index (κ2) is 6.34. The summed E-state index contributed by atoms with van der Waals surface area (Å²) in [6.07, 6.45) is 2.08. The minimum atomic E-state index is 0.111. The molecule has 4 rings (SSSR count). The summed E-state index contributed by atoms with van der Waals surface area (Å²) in [7, 11) is 0. The molecule has 1 fully saturated rings. The van der Waals surface area contributed by atoms with Crippen molar-refractivity contribution in [1.29, 1.82) is 0 Å². The van der Waals surface area contributed by atoms with Gasteiger partial charge in [0.25, 0.3) is 0 Å². The van der Waals surface area contributed by atoms with Gasteiger partial charge in [0.05, 0.1) is 6.04 Å². The molecule has 0 amide bonds. The van der Waals surface area contributed by atoms with E-state index in [0.29, 0.717) is 0 Å². The number of fused-ring (bicyclic) bond motifs is 1. The molecule has 1 aliphatic heterocycles. The molecule has 1 atom stereocenters. The van der Waals surface area contributed by atoms with Crippen LogP contribution in [0, 0.1) is 0 Å². The Morgan fingerprint density at radius 3 is 2.43 bits per heavy atom. The zero-order chi connectivity index (χ0) is 15.6. The highest BCUT2D eigenvalue weighted by Gasteiger charge is 2.38. The Balaban J connectivity index is 1.80. The summed E-state index contributed by atoms with van der Waals surface area (Å²) in [5, 5.41) is 0. The van der Waals surface area contributed by atoms with Crippen molar-refractivity contribution < 1.29 is 4.79 Å². The maximum Gasteiger partial charge on any atom is 0.191 e. The SMILES string of the molecule is O=C1/C(=C/c2ccccc2)C(N2CCSCC2)c2ccccc21. The summed E-state index contributed by atoms with van der Waals surface area (Å²) in [5.41, 5.74) is 4.06. The molecule has 2 aromatic carbocycles. The van der Waals surface area contributed by atoms with E-state index < -0.39 is 0 Å². The average molecular weight is 321 g/mol. The van der Waals surface area contributed by atoms with E-state index >= 15 is 0 Å². The number of ketones is 1. The third kappa shape index (κ3) is 2.75. The lowest BCUT2D eigenvalue weighted by molar-refractivity contribution is 0.102. The third-order valence-corrected chi connectivity index (χ3v) is 5.53. The maximum atomic E-state index is 13.0. The lowest BCUT2D eigenvalue weighted by atomic mass is 10.0. The zero-order valence-corrected chi connectivity index (χ0v) is 13.8. The van der Waals surface area contributed by atoms with E-state index in [-0.39, 0.29) is 11.8 Å². The van der Waals surface area contributed by atoms with E-state index in [2.05, 4.69) is 29.2 Å². The van der Waals surface area contributed by atoms with Gasteiger partial charge in [-0.2, -0.15) is 11.8 Å². The molecule has 23 heavy (non-hydrogen) atoms. The second-order valence-corrected chi connectivity index (χ2v) is 7.20. The van der Waals surface area contributed by atoms with Crippen LogP contribution in [0.2, 0.25) is 0 Å². The first-order chi connectivity index (χ1) is 11.3. The van der Waals surface area contributed by atoms with Crippen LogP contribution in [0.3, 0.4) is 0 Å². The number of hydrogen-bond acceptors (Lipinski definition) is 3. The lowest BCUT2D eigenvalue weighted by Crippen LogP contribution is -2.36. The van der Waals surface area contributed by atoms with Crippen LogP contribution >= 0.6 is 11.8 Å². The average Bonchev–Trinajstić information content (AvgIpc) is 2.89. The number of carbonyl (C=O) groups excluding carboxylic acids is 1. The number of Topliss-reactive ketones (excluding diaryl/α,β-unsaturated/α-hetero) is 1. The summed E-state index contributed by atoms with van der Waals surface area (Å²) in [4.78, 5) is 15.4. The Bertz CT molecular complexity index is 747. The first-order valence-corrected chi connectivity index (χ1v) is 9.22. The molecule has 116 valence electrons. The Hall–Kier alpha value is -1.84. The van der Waals surface area contributed by atoms with E-state index in [0.717, 1.165) is 41.3 Å². The number of thioether (sulfide) groups is 1. The number of rotatable bonds is 2. The molecule has 0 aromatic heterocycles. The highest BCUT2D eigenvalue weighted by atomic mass is 32.2. The molecule has 1 aliphatic carbocycles. The Labute approximate surface area is 141 Å². The summed E-state index contributed by atoms with van der Waals surface area (Å²) < 4.78 is 0. The fourth-order valence-corrected chi connectivity index (χ4v) is 4.42. The number of carbonyl (C=O) groups is 1. The number of nitrogens with zero attached hydrogens (tertiary/aromatic N) is 1. The van der Waals surface area contributed by atoms with Crippen molar-refractivity contribution in [2.75, 3.05) is 24.6 Å². The zero-order valence-electron chi connectivity index (χ0n) is 12.9. The molecule has 0 saturated carbocycles. The molecule has 1 saturated heterocycles. The predicted molar refractivity (Wildman–Crippen MR) is 96.8 cm³/mol. The Morgan fingerprint density at radius 2 is 1.65 bits per heavy atom. The minimum absolute atomic E-state index is 0.111. The molecular formula is C20H19NOS. The minimum Gasteiger partial charge on any atom is -0.291 e.